The molecule has 0 radical (unpaired) electrons. The van der Waals surface area contributed by atoms with E-state index in [4.69, 9.17) is 0 Å². The van der Waals surface area contributed by atoms with Crippen LogP contribution in [0.25, 0.3) is 20.2 Å². The van der Waals surface area contributed by atoms with Gasteiger partial charge in [0.25, 0.3) is 5.92 Å². The first kappa shape index (κ1) is 50.2. The lowest BCUT2D eigenvalue weighted by molar-refractivity contribution is -0.275. The summed E-state index contributed by atoms with van der Waals surface area (Å²) in [4.78, 5) is 1.72. The van der Waals surface area contributed by atoms with Crippen LogP contribution in [0.1, 0.15) is 35.1 Å². The number of sulfonamides is 2. The predicted molar refractivity (Wildman–Crippen MR) is 244 cm³/mol. The molecule has 352 valence electrons. The van der Waals surface area contributed by atoms with Gasteiger partial charge in [-0.1, -0.05) is 76.6 Å². The van der Waals surface area contributed by atoms with Crippen molar-refractivity contribution in [1.29, 1.82) is 0 Å². The summed E-state index contributed by atoms with van der Waals surface area (Å²) in [6.45, 7) is 3.94. The summed E-state index contributed by atoms with van der Waals surface area (Å²) in [5.74, 6) is -3.86. The Hall–Kier alpha value is -4.22. The van der Waals surface area contributed by atoms with Gasteiger partial charge >= 0.3 is 12.7 Å². The molecule has 1 saturated heterocycles. The van der Waals surface area contributed by atoms with Gasteiger partial charge in [0.1, 0.15) is 21.5 Å². The van der Waals surface area contributed by atoms with E-state index < -0.39 is 44.4 Å². The van der Waals surface area contributed by atoms with Gasteiger partial charge in [-0.2, -0.15) is 0 Å². The maximum absolute atomic E-state index is 13.6. The van der Waals surface area contributed by atoms with Crippen LogP contribution in [0.3, 0.4) is 0 Å². The molecule has 2 aromatic heterocycles. The Kier molecular flexibility index (Phi) is 15.7. The topological polar surface area (TPSA) is 96.5 Å². The Morgan fingerprint density at radius 3 is 1.38 bits per heavy atom. The van der Waals surface area contributed by atoms with Crippen LogP contribution in [0.5, 0.6) is 11.5 Å². The standard InChI is InChI=1S/C24H25F5N2O3S2.C19H17BrF3NO3S2/c1-17-20-4-2-3-5-21(20)35-22(17)31(16-18-6-8-19(9-7-18)34-24(27,28)29)36(32,33)15-14-30-12-10-23(25,26)11-13-30;1-13-16-4-2-3-5-17(16)28-18(13)24(29(25,26)11-10-20)12-14-6-8-15(9-7-14)27-19(21,22)23/h2-9H,10-16H2,1H3;2-9H,10-12H2,1H3. The molecule has 1 aliphatic rings. The first-order valence-corrected chi connectivity index (χ1v) is 25.7. The zero-order chi connectivity index (χ0) is 47.4. The fourth-order valence-electron chi connectivity index (χ4n) is 6.98. The molecule has 1 fully saturated rings. The quantitative estimate of drug-likeness (QED) is 0.0746. The van der Waals surface area contributed by atoms with Crippen molar-refractivity contribution in [3.8, 4) is 11.5 Å². The second-order valence-corrected chi connectivity index (χ2v) is 21.9. The van der Waals surface area contributed by atoms with Crippen molar-refractivity contribution in [2.24, 2.45) is 0 Å². The number of aryl methyl sites for hydroxylation is 2. The fourth-order valence-corrected chi connectivity index (χ4v) is 13.9. The van der Waals surface area contributed by atoms with Gasteiger partial charge in [-0.15, -0.1) is 49.0 Å². The van der Waals surface area contributed by atoms with Crippen molar-refractivity contribution >= 4 is 88.8 Å². The van der Waals surface area contributed by atoms with Crippen molar-refractivity contribution in [1.82, 2.24) is 4.90 Å². The zero-order valence-corrected chi connectivity index (χ0v) is 39.5. The second kappa shape index (κ2) is 20.3. The van der Waals surface area contributed by atoms with Crippen LogP contribution in [0.2, 0.25) is 0 Å². The number of hydrogen-bond acceptors (Lipinski definition) is 9. The molecule has 65 heavy (non-hydrogen) atoms. The summed E-state index contributed by atoms with van der Waals surface area (Å²) >= 11 is 5.86. The summed E-state index contributed by atoms with van der Waals surface area (Å²) < 4.78 is 167. The first-order valence-electron chi connectivity index (χ1n) is 19.8. The number of piperidine rings is 1. The molecule has 0 bridgehead atoms. The van der Waals surface area contributed by atoms with Gasteiger partial charge in [0, 0.05) is 47.2 Å². The monoisotopic (exact) mass is 1060 g/mol. The number of ether oxygens (including phenoxy) is 2. The zero-order valence-electron chi connectivity index (χ0n) is 34.6. The highest BCUT2D eigenvalue weighted by Crippen LogP contribution is 2.41. The molecular weight excluding hydrogens is 1010 g/mol. The summed E-state index contributed by atoms with van der Waals surface area (Å²) in [6, 6.07) is 25.4. The molecule has 0 aliphatic carbocycles. The minimum atomic E-state index is -4.83. The normalized spacial score (nSPS) is 14.8. The summed E-state index contributed by atoms with van der Waals surface area (Å²) in [5.41, 5.74) is 2.65. The number of thiophene rings is 2. The number of nitrogens with zero attached hydrogens (tertiary/aromatic N) is 3. The highest BCUT2D eigenvalue weighted by Gasteiger charge is 2.36. The molecule has 9 nitrogen and oxygen atoms in total. The Balaban J connectivity index is 0.000000221. The number of halogens is 9. The second-order valence-electron chi connectivity index (χ2n) is 15.0. The van der Waals surface area contributed by atoms with Gasteiger partial charge in [-0.25, -0.2) is 25.6 Å². The first-order chi connectivity index (χ1) is 30.4. The Morgan fingerprint density at radius 1 is 0.631 bits per heavy atom. The number of likely N-dealkylation sites (tertiary alicyclic amines) is 1. The fraction of sp³-hybridized carbons (Fsp3) is 0.349. The van der Waals surface area contributed by atoms with Crippen molar-refractivity contribution in [2.45, 2.75) is 58.4 Å². The van der Waals surface area contributed by atoms with E-state index in [1.54, 1.807) is 4.90 Å². The van der Waals surface area contributed by atoms with Crippen LogP contribution in [-0.2, 0) is 33.1 Å². The smallest absolute Gasteiger partial charge is 0.406 e. The van der Waals surface area contributed by atoms with Crippen molar-refractivity contribution < 1.29 is 61.4 Å². The average molecular weight is 1060 g/mol. The molecule has 0 N–H and O–H groups in total. The van der Waals surface area contributed by atoms with E-state index in [0.29, 0.717) is 21.1 Å². The molecule has 6 aromatic rings. The number of anilines is 2. The maximum atomic E-state index is 13.6. The van der Waals surface area contributed by atoms with Gasteiger partial charge in [-0.3, -0.25) is 8.61 Å². The van der Waals surface area contributed by atoms with Crippen LogP contribution >= 0.6 is 38.6 Å². The van der Waals surface area contributed by atoms with Gasteiger partial charge in [0.2, 0.25) is 20.0 Å². The van der Waals surface area contributed by atoms with E-state index in [1.807, 2.05) is 62.4 Å². The summed E-state index contributed by atoms with van der Waals surface area (Å²) in [7, 11) is -7.55. The van der Waals surface area contributed by atoms with E-state index in [2.05, 4.69) is 25.4 Å². The number of hydrogen-bond donors (Lipinski definition) is 0. The van der Waals surface area contributed by atoms with E-state index in [0.717, 1.165) is 43.4 Å². The summed E-state index contributed by atoms with van der Waals surface area (Å²) in [6.07, 6.45) is -10.2. The lowest BCUT2D eigenvalue weighted by atomic mass is 10.1. The van der Waals surface area contributed by atoms with Crippen LogP contribution in [-0.4, -0.2) is 76.9 Å². The third-order valence-electron chi connectivity index (χ3n) is 10.3. The van der Waals surface area contributed by atoms with Crippen LogP contribution in [0, 0.1) is 13.8 Å². The molecule has 0 amide bonds. The number of fused-ring (bicyclic) bond motifs is 2. The molecule has 0 saturated carbocycles. The lowest BCUT2D eigenvalue weighted by Gasteiger charge is -2.32. The van der Waals surface area contributed by atoms with Crippen molar-refractivity contribution in [3.05, 3.63) is 119 Å². The van der Waals surface area contributed by atoms with Gasteiger partial charge < -0.3 is 14.4 Å². The highest BCUT2D eigenvalue weighted by molar-refractivity contribution is 9.09. The van der Waals surface area contributed by atoms with E-state index in [1.165, 1.54) is 67.7 Å². The molecule has 0 spiro atoms. The third-order valence-corrected chi connectivity index (χ3v) is 17.4. The molecule has 0 unspecified atom stereocenters. The number of rotatable bonds is 15. The van der Waals surface area contributed by atoms with Gasteiger partial charge in [-0.05, 0) is 83.3 Å². The van der Waals surface area contributed by atoms with E-state index in [9.17, 15) is 52.0 Å². The van der Waals surface area contributed by atoms with Crippen LogP contribution in [0.15, 0.2) is 97.1 Å². The predicted octanol–water partition coefficient (Wildman–Crippen LogP) is 12.0. The van der Waals surface area contributed by atoms with Crippen LogP contribution < -0.4 is 18.1 Å². The minimum absolute atomic E-state index is 0.00922. The minimum Gasteiger partial charge on any atom is -0.406 e. The van der Waals surface area contributed by atoms with E-state index in [-0.39, 0.29) is 68.2 Å². The SMILES string of the molecule is Cc1c(N(Cc2ccc(OC(F)(F)F)cc2)S(=O)(=O)CCBr)sc2ccccc12.Cc1c(N(Cc2ccc(OC(F)(F)F)cc2)S(=O)(=O)CCN2CCC(F)(F)CC2)sc2ccccc12. The number of alkyl halides is 9. The molecule has 22 heteroatoms. The Bertz CT molecular complexity index is 2770. The van der Waals surface area contributed by atoms with Crippen molar-refractivity contribution in [3.63, 3.8) is 0 Å². The van der Waals surface area contributed by atoms with E-state index >= 15 is 0 Å². The summed E-state index contributed by atoms with van der Waals surface area (Å²) in [5, 5.41) is 3.26. The highest BCUT2D eigenvalue weighted by atomic mass is 79.9. The molecule has 1 aliphatic heterocycles. The molecule has 3 heterocycles. The molecule has 4 aromatic carbocycles. The molecular formula is C43H42BrF8N3O6S4. The molecule has 0 atom stereocenters. The van der Waals surface area contributed by atoms with Crippen molar-refractivity contribution in [2.75, 3.05) is 45.1 Å². The Labute approximate surface area is 387 Å². The molecule has 7 rings (SSSR count). The maximum Gasteiger partial charge on any atom is 0.573 e. The average Bonchev–Trinajstić information content (AvgIpc) is 3.74. The van der Waals surface area contributed by atoms with Crippen LogP contribution in [0.4, 0.5) is 45.1 Å². The third kappa shape index (κ3) is 13.5. The Morgan fingerprint density at radius 2 is 1.02 bits per heavy atom. The largest absolute Gasteiger partial charge is 0.573 e. The lowest BCUT2D eigenvalue weighted by Crippen LogP contribution is -2.43. The number of benzene rings is 4. The van der Waals surface area contributed by atoms with Gasteiger partial charge in [0.15, 0.2) is 0 Å². The van der Waals surface area contributed by atoms with Gasteiger partial charge in [0.05, 0.1) is 24.6 Å².